The number of carbonyl (C=O) groups excluding carboxylic acids is 1. The molecule has 0 aliphatic carbocycles. The van der Waals surface area contributed by atoms with Crippen molar-refractivity contribution in [2.45, 2.75) is 25.9 Å². The third-order valence-electron chi connectivity index (χ3n) is 2.99. The van der Waals surface area contributed by atoms with Crippen molar-refractivity contribution >= 4 is 5.97 Å². The van der Waals surface area contributed by atoms with E-state index in [1.165, 1.54) is 12.2 Å². The van der Waals surface area contributed by atoms with E-state index in [1.807, 2.05) is 30.3 Å². The fraction of sp³-hybridized carbons (Fsp3) is 0.438. The van der Waals surface area contributed by atoms with Crippen LogP contribution in [0.25, 0.3) is 0 Å². The summed E-state index contributed by atoms with van der Waals surface area (Å²) in [5.74, 6) is -1.19. The Balaban J connectivity index is 2.60. The zero-order chi connectivity index (χ0) is 14.8. The van der Waals surface area contributed by atoms with Crippen LogP contribution < -0.4 is 0 Å². The van der Waals surface area contributed by atoms with E-state index < -0.39 is 18.0 Å². The topological polar surface area (TPSA) is 66.8 Å². The van der Waals surface area contributed by atoms with Crippen LogP contribution in [0.5, 0.6) is 0 Å². The van der Waals surface area contributed by atoms with E-state index in [2.05, 4.69) is 0 Å². The van der Waals surface area contributed by atoms with Gasteiger partial charge in [-0.15, -0.1) is 0 Å². The summed E-state index contributed by atoms with van der Waals surface area (Å²) in [7, 11) is 0. The van der Waals surface area contributed by atoms with E-state index >= 15 is 0 Å². The minimum Gasteiger partial charge on any atom is -0.465 e. The number of aliphatic hydroxyl groups excluding tert-OH is 2. The highest BCUT2D eigenvalue weighted by molar-refractivity contribution is 5.75. The molecule has 2 N–H and O–H groups in total. The molecule has 110 valence electrons. The Morgan fingerprint density at radius 2 is 2.05 bits per heavy atom. The maximum atomic E-state index is 11.8. The molecular formula is C16H22O4. The van der Waals surface area contributed by atoms with Crippen LogP contribution in [0.15, 0.2) is 42.5 Å². The number of ether oxygens (including phenoxy) is 1. The van der Waals surface area contributed by atoms with E-state index in [4.69, 9.17) is 9.84 Å². The van der Waals surface area contributed by atoms with Gasteiger partial charge in [-0.1, -0.05) is 42.5 Å². The summed E-state index contributed by atoms with van der Waals surface area (Å²) in [5, 5.41) is 19.0. The van der Waals surface area contributed by atoms with E-state index in [9.17, 15) is 9.90 Å². The van der Waals surface area contributed by atoms with Gasteiger partial charge in [-0.05, 0) is 25.3 Å². The molecule has 0 bridgehead atoms. The molecule has 1 rings (SSSR count). The number of esters is 1. The highest BCUT2D eigenvalue weighted by atomic mass is 16.5. The Bertz CT molecular complexity index is 414. The van der Waals surface area contributed by atoms with Crippen molar-refractivity contribution in [3.63, 3.8) is 0 Å². The first-order chi connectivity index (χ1) is 9.69. The van der Waals surface area contributed by atoms with E-state index in [0.717, 1.165) is 5.56 Å². The molecule has 0 aliphatic heterocycles. The minimum absolute atomic E-state index is 0.165. The standard InChI is InChI=1S/C16H22O4/c1-2-20-16(19)14(9-6-12-17)15(18)11-10-13-7-4-3-5-8-13/h3-9,14-15,17-18H,2,10-12H2,1H3/b9-6+/t14-,15-/m1/s1. The molecule has 0 unspecified atom stereocenters. The van der Waals surface area contributed by atoms with Gasteiger partial charge in [0.05, 0.1) is 19.3 Å². The Morgan fingerprint density at radius 3 is 2.65 bits per heavy atom. The molecule has 0 spiro atoms. The number of benzene rings is 1. The van der Waals surface area contributed by atoms with E-state index in [1.54, 1.807) is 6.92 Å². The Morgan fingerprint density at radius 1 is 1.35 bits per heavy atom. The molecule has 2 atom stereocenters. The highest BCUT2D eigenvalue weighted by Crippen LogP contribution is 2.15. The zero-order valence-corrected chi connectivity index (χ0v) is 11.7. The number of hydrogen-bond donors (Lipinski definition) is 2. The summed E-state index contributed by atoms with van der Waals surface area (Å²) in [6.07, 6.45) is 3.28. The third kappa shape index (κ3) is 5.55. The SMILES string of the molecule is CCOC(=O)[C@H](/C=C/CO)[C@H](O)CCc1ccccc1. The molecule has 0 saturated carbocycles. The van der Waals surface area contributed by atoms with Crippen molar-refractivity contribution in [3.05, 3.63) is 48.0 Å². The van der Waals surface area contributed by atoms with Crippen LogP contribution in [0.3, 0.4) is 0 Å². The average Bonchev–Trinajstić information content (AvgIpc) is 2.47. The number of carbonyl (C=O) groups is 1. The van der Waals surface area contributed by atoms with Crippen molar-refractivity contribution in [1.82, 2.24) is 0 Å². The predicted octanol–water partition coefficient (Wildman–Crippen LogP) is 1.71. The molecular weight excluding hydrogens is 256 g/mol. The summed E-state index contributed by atoms with van der Waals surface area (Å²) >= 11 is 0. The molecule has 0 radical (unpaired) electrons. The van der Waals surface area contributed by atoms with Gasteiger partial charge >= 0.3 is 5.97 Å². The maximum absolute atomic E-state index is 11.8. The van der Waals surface area contributed by atoms with Crippen molar-refractivity contribution < 1.29 is 19.7 Å². The lowest BCUT2D eigenvalue weighted by molar-refractivity contribution is -0.149. The van der Waals surface area contributed by atoms with Crippen molar-refractivity contribution in [1.29, 1.82) is 0 Å². The number of hydrogen-bond acceptors (Lipinski definition) is 4. The Kier molecular flexibility index (Phi) is 7.62. The summed E-state index contributed by atoms with van der Waals surface area (Å²) in [5.41, 5.74) is 1.11. The third-order valence-corrected chi connectivity index (χ3v) is 2.99. The maximum Gasteiger partial charge on any atom is 0.315 e. The quantitative estimate of drug-likeness (QED) is 0.561. The van der Waals surface area contributed by atoms with Crippen LogP contribution in [0, 0.1) is 5.92 Å². The van der Waals surface area contributed by atoms with Gasteiger partial charge in [-0.2, -0.15) is 0 Å². The second-order valence-corrected chi connectivity index (χ2v) is 4.48. The Labute approximate surface area is 119 Å². The molecule has 1 aromatic carbocycles. The van der Waals surface area contributed by atoms with Crippen molar-refractivity contribution in [3.8, 4) is 0 Å². The lowest BCUT2D eigenvalue weighted by atomic mass is 9.96. The van der Waals surface area contributed by atoms with Crippen molar-refractivity contribution in [2.24, 2.45) is 5.92 Å². The molecule has 4 heteroatoms. The van der Waals surface area contributed by atoms with E-state index in [-0.39, 0.29) is 13.2 Å². The first kappa shape index (κ1) is 16.4. The van der Waals surface area contributed by atoms with Gasteiger partial charge in [0.2, 0.25) is 0 Å². The largest absolute Gasteiger partial charge is 0.465 e. The number of aliphatic hydroxyl groups is 2. The zero-order valence-electron chi connectivity index (χ0n) is 11.7. The van der Waals surface area contributed by atoms with Gasteiger partial charge < -0.3 is 14.9 Å². The van der Waals surface area contributed by atoms with Gasteiger partial charge in [-0.3, -0.25) is 4.79 Å². The summed E-state index contributed by atoms with van der Waals surface area (Å²) in [6, 6.07) is 9.78. The van der Waals surface area contributed by atoms with Crippen LogP contribution >= 0.6 is 0 Å². The van der Waals surface area contributed by atoms with Crippen LogP contribution in [-0.2, 0) is 16.0 Å². The molecule has 1 aromatic rings. The molecule has 0 heterocycles. The summed E-state index contributed by atoms with van der Waals surface area (Å²) in [6.45, 7) is 1.83. The van der Waals surface area contributed by atoms with Crippen LogP contribution in [0.2, 0.25) is 0 Å². The first-order valence-corrected chi connectivity index (χ1v) is 6.85. The van der Waals surface area contributed by atoms with Gasteiger partial charge in [0.25, 0.3) is 0 Å². The Hall–Kier alpha value is -1.65. The van der Waals surface area contributed by atoms with Crippen LogP contribution in [0.4, 0.5) is 0 Å². The fourth-order valence-electron chi connectivity index (χ4n) is 1.95. The molecule has 0 saturated heterocycles. The molecule has 0 aromatic heterocycles. The smallest absolute Gasteiger partial charge is 0.315 e. The van der Waals surface area contributed by atoms with Gasteiger partial charge in [-0.25, -0.2) is 0 Å². The number of aryl methyl sites for hydroxylation is 1. The van der Waals surface area contributed by atoms with Crippen LogP contribution in [-0.4, -0.2) is 35.5 Å². The molecule has 4 nitrogen and oxygen atoms in total. The molecule has 20 heavy (non-hydrogen) atoms. The fourth-order valence-corrected chi connectivity index (χ4v) is 1.95. The highest BCUT2D eigenvalue weighted by Gasteiger charge is 2.25. The molecule has 0 amide bonds. The lowest BCUT2D eigenvalue weighted by Crippen LogP contribution is -2.29. The van der Waals surface area contributed by atoms with Crippen molar-refractivity contribution in [2.75, 3.05) is 13.2 Å². The van der Waals surface area contributed by atoms with Gasteiger partial charge in [0.15, 0.2) is 0 Å². The monoisotopic (exact) mass is 278 g/mol. The number of rotatable bonds is 8. The summed E-state index contributed by atoms with van der Waals surface area (Å²) in [4.78, 5) is 11.8. The average molecular weight is 278 g/mol. The first-order valence-electron chi connectivity index (χ1n) is 6.85. The van der Waals surface area contributed by atoms with Crippen LogP contribution in [0.1, 0.15) is 18.9 Å². The summed E-state index contributed by atoms with van der Waals surface area (Å²) < 4.78 is 4.94. The predicted molar refractivity (Wildman–Crippen MR) is 77.1 cm³/mol. The molecule has 0 fully saturated rings. The molecule has 0 aliphatic rings. The second kappa shape index (κ2) is 9.28. The normalized spacial score (nSPS) is 14.2. The second-order valence-electron chi connectivity index (χ2n) is 4.48. The minimum atomic E-state index is -0.822. The van der Waals surface area contributed by atoms with Gasteiger partial charge in [0, 0.05) is 0 Å². The van der Waals surface area contributed by atoms with Gasteiger partial charge in [0.1, 0.15) is 5.92 Å². The van der Waals surface area contributed by atoms with E-state index in [0.29, 0.717) is 12.8 Å². The lowest BCUT2D eigenvalue weighted by Gasteiger charge is -2.18.